The van der Waals surface area contributed by atoms with Gasteiger partial charge in [0, 0.05) is 39.0 Å². The minimum atomic E-state index is -0.0463. The van der Waals surface area contributed by atoms with Gasteiger partial charge in [-0.3, -0.25) is 0 Å². The molecule has 3 aromatic rings. The molecule has 0 radical (unpaired) electrons. The summed E-state index contributed by atoms with van der Waals surface area (Å²) in [4.78, 5) is 14.3. The normalized spacial score (nSPS) is 15.7. The first-order valence-electron chi connectivity index (χ1n) is 9.69. The summed E-state index contributed by atoms with van der Waals surface area (Å²) < 4.78 is 2.17. The fourth-order valence-electron chi connectivity index (χ4n) is 3.62. The van der Waals surface area contributed by atoms with E-state index < -0.39 is 0 Å². The number of carbonyl (C=O) groups is 1. The van der Waals surface area contributed by atoms with Crippen molar-refractivity contribution in [3.8, 4) is 0 Å². The molecule has 1 atom stereocenters. The Balaban J connectivity index is 1.38. The molecule has 4 rings (SSSR count). The zero-order chi connectivity index (χ0) is 19.3. The number of nitrogens with one attached hydrogen (secondary N) is 1. The molecule has 0 saturated carbocycles. The smallest absolute Gasteiger partial charge is 0.317 e. The largest absolute Gasteiger partial charge is 0.333 e. The van der Waals surface area contributed by atoms with Gasteiger partial charge in [-0.05, 0) is 17.5 Å². The number of aromatic nitrogens is 3. The van der Waals surface area contributed by atoms with Gasteiger partial charge in [-0.1, -0.05) is 60.7 Å². The average molecular weight is 375 g/mol. The van der Waals surface area contributed by atoms with Crippen LogP contribution in [0.5, 0.6) is 0 Å². The summed E-state index contributed by atoms with van der Waals surface area (Å²) >= 11 is 0. The maximum atomic E-state index is 12.6. The van der Waals surface area contributed by atoms with Crippen LogP contribution < -0.4 is 5.32 Å². The highest BCUT2D eigenvalue weighted by Crippen LogP contribution is 2.18. The Morgan fingerprint density at radius 2 is 1.75 bits per heavy atom. The number of hydrogen-bond acceptors (Lipinski definition) is 3. The molecule has 1 aliphatic rings. The lowest BCUT2D eigenvalue weighted by atomic mass is 10.1. The second-order valence-corrected chi connectivity index (χ2v) is 7.33. The lowest BCUT2D eigenvalue weighted by Gasteiger charge is -2.27. The van der Waals surface area contributed by atoms with Gasteiger partial charge in [0.2, 0.25) is 0 Å². The summed E-state index contributed by atoms with van der Waals surface area (Å²) in [6.07, 6.45) is 2.46. The third kappa shape index (κ3) is 4.22. The Morgan fingerprint density at radius 3 is 2.46 bits per heavy atom. The molecular formula is C22H25N5O. The van der Waals surface area contributed by atoms with E-state index in [1.165, 1.54) is 5.56 Å². The standard InChI is InChI=1S/C22H25N5O/c1-26(15-18-10-6-3-7-11-18)22(28)23-19-12-13-20-24-25-21(27(20)16-19)14-17-8-4-2-5-9-17/h2-11,19H,12-16H2,1H3,(H,23,28). The molecular weight excluding hydrogens is 350 g/mol. The van der Waals surface area contributed by atoms with Gasteiger partial charge < -0.3 is 14.8 Å². The summed E-state index contributed by atoms with van der Waals surface area (Å²) in [5.74, 6) is 1.96. The van der Waals surface area contributed by atoms with Gasteiger partial charge in [-0.2, -0.15) is 0 Å². The van der Waals surface area contributed by atoms with Crippen LogP contribution in [0.4, 0.5) is 4.79 Å². The van der Waals surface area contributed by atoms with E-state index in [2.05, 4.69) is 32.2 Å². The predicted octanol–water partition coefficient (Wildman–Crippen LogP) is 3.03. The van der Waals surface area contributed by atoms with E-state index in [-0.39, 0.29) is 12.1 Å². The summed E-state index contributed by atoms with van der Waals surface area (Å²) in [6.45, 7) is 1.31. The van der Waals surface area contributed by atoms with Gasteiger partial charge >= 0.3 is 6.03 Å². The van der Waals surface area contributed by atoms with Gasteiger partial charge in [0.1, 0.15) is 11.6 Å². The third-order valence-corrected chi connectivity index (χ3v) is 5.17. The number of urea groups is 1. The van der Waals surface area contributed by atoms with Crippen LogP contribution in [0, 0.1) is 0 Å². The van der Waals surface area contributed by atoms with Gasteiger partial charge in [0.15, 0.2) is 0 Å². The summed E-state index contributed by atoms with van der Waals surface area (Å²) in [7, 11) is 1.83. The summed E-state index contributed by atoms with van der Waals surface area (Å²) in [5, 5.41) is 11.9. The monoisotopic (exact) mass is 375 g/mol. The summed E-state index contributed by atoms with van der Waals surface area (Å²) in [5.41, 5.74) is 2.33. The highest BCUT2D eigenvalue weighted by Gasteiger charge is 2.25. The summed E-state index contributed by atoms with van der Waals surface area (Å²) in [6, 6.07) is 20.4. The van der Waals surface area contributed by atoms with E-state index in [9.17, 15) is 4.79 Å². The minimum Gasteiger partial charge on any atom is -0.333 e. The Bertz CT molecular complexity index is 923. The fraction of sp³-hybridized carbons (Fsp3) is 0.318. The lowest BCUT2D eigenvalue weighted by Crippen LogP contribution is -2.46. The number of amides is 2. The number of benzene rings is 2. The Hall–Kier alpha value is -3.15. The van der Waals surface area contributed by atoms with Gasteiger partial charge in [0.25, 0.3) is 0 Å². The van der Waals surface area contributed by atoms with Crippen molar-refractivity contribution in [2.75, 3.05) is 7.05 Å². The van der Waals surface area contributed by atoms with E-state index >= 15 is 0 Å². The lowest BCUT2D eigenvalue weighted by molar-refractivity contribution is 0.198. The third-order valence-electron chi connectivity index (χ3n) is 5.17. The molecule has 2 heterocycles. The number of nitrogens with zero attached hydrogens (tertiary/aromatic N) is 4. The molecule has 2 amide bonds. The number of aryl methyl sites for hydroxylation is 1. The number of carbonyl (C=O) groups excluding carboxylic acids is 1. The highest BCUT2D eigenvalue weighted by molar-refractivity contribution is 5.74. The van der Waals surface area contributed by atoms with Crippen LogP contribution in [0.25, 0.3) is 0 Å². The molecule has 0 fully saturated rings. The molecule has 6 heteroatoms. The number of hydrogen-bond donors (Lipinski definition) is 1. The molecule has 0 bridgehead atoms. The first-order valence-corrected chi connectivity index (χ1v) is 9.69. The topological polar surface area (TPSA) is 63.1 Å². The number of rotatable bonds is 5. The maximum Gasteiger partial charge on any atom is 0.317 e. The Kier molecular flexibility index (Phi) is 5.37. The number of fused-ring (bicyclic) bond motifs is 1. The SMILES string of the molecule is CN(Cc1ccccc1)C(=O)NC1CCc2nnc(Cc3ccccc3)n2C1. The van der Waals surface area contributed by atoms with E-state index in [1.54, 1.807) is 4.90 Å². The molecule has 2 aromatic carbocycles. The maximum absolute atomic E-state index is 12.6. The molecule has 1 aromatic heterocycles. The molecule has 28 heavy (non-hydrogen) atoms. The van der Waals surface area contributed by atoms with E-state index in [0.29, 0.717) is 6.54 Å². The van der Waals surface area contributed by atoms with Gasteiger partial charge in [0.05, 0.1) is 0 Å². The second-order valence-electron chi connectivity index (χ2n) is 7.33. The minimum absolute atomic E-state index is 0.0463. The molecule has 1 N–H and O–H groups in total. The molecule has 6 nitrogen and oxygen atoms in total. The second kappa shape index (κ2) is 8.25. The molecule has 144 valence electrons. The van der Waals surface area contributed by atoms with Gasteiger partial charge in [-0.15, -0.1) is 10.2 Å². The van der Waals surface area contributed by atoms with Crippen molar-refractivity contribution in [3.05, 3.63) is 83.4 Å². The zero-order valence-corrected chi connectivity index (χ0v) is 16.1. The van der Waals surface area contributed by atoms with Crippen LogP contribution >= 0.6 is 0 Å². The fourth-order valence-corrected chi connectivity index (χ4v) is 3.62. The zero-order valence-electron chi connectivity index (χ0n) is 16.1. The van der Waals surface area contributed by atoms with Crippen LogP contribution in [-0.4, -0.2) is 38.8 Å². The van der Waals surface area contributed by atoms with E-state index in [1.807, 2.05) is 55.6 Å². The molecule has 1 aliphatic heterocycles. The molecule has 0 saturated heterocycles. The van der Waals surface area contributed by atoms with Crippen LogP contribution in [0.2, 0.25) is 0 Å². The van der Waals surface area contributed by atoms with Gasteiger partial charge in [-0.25, -0.2) is 4.79 Å². The van der Waals surface area contributed by atoms with Crippen molar-refractivity contribution in [1.29, 1.82) is 0 Å². The predicted molar refractivity (Wildman–Crippen MR) is 108 cm³/mol. The van der Waals surface area contributed by atoms with Crippen molar-refractivity contribution in [2.24, 2.45) is 0 Å². The van der Waals surface area contributed by atoms with Crippen LogP contribution in [0.1, 0.15) is 29.2 Å². The van der Waals surface area contributed by atoms with Crippen molar-refractivity contribution in [2.45, 2.75) is 38.4 Å². The van der Waals surface area contributed by atoms with Crippen molar-refractivity contribution in [1.82, 2.24) is 25.0 Å². The highest BCUT2D eigenvalue weighted by atomic mass is 16.2. The molecule has 0 spiro atoms. The van der Waals surface area contributed by atoms with Crippen LogP contribution in [0.3, 0.4) is 0 Å². The quantitative estimate of drug-likeness (QED) is 0.746. The Labute approximate surface area is 165 Å². The van der Waals surface area contributed by atoms with E-state index in [0.717, 1.165) is 43.0 Å². The van der Waals surface area contributed by atoms with Crippen molar-refractivity contribution >= 4 is 6.03 Å². The van der Waals surface area contributed by atoms with Crippen molar-refractivity contribution < 1.29 is 4.79 Å². The molecule has 0 aliphatic carbocycles. The van der Waals surface area contributed by atoms with E-state index in [4.69, 9.17) is 0 Å². The Morgan fingerprint density at radius 1 is 1.07 bits per heavy atom. The molecule has 1 unspecified atom stereocenters. The van der Waals surface area contributed by atoms with Crippen LogP contribution in [-0.2, 0) is 25.9 Å². The van der Waals surface area contributed by atoms with Crippen LogP contribution in [0.15, 0.2) is 60.7 Å². The van der Waals surface area contributed by atoms with Crippen molar-refractivity contribution in [3.63, 3.8) is 0 Å². The first kappa shape index (κ1) is 18.2. The average Bonchev–Trinajstić information content (AvgIpc) is 3.11. The first-order chi connectivity index (χ1) is 13.7.